The molecular formula is C19H19N3O4S. The summed E-state index contributed by atoms with van der Waals surface area (Å²) in [4.78, 5) is 28.1. The Bertz CT molecular complexity index is 1100. The minimum absolute atomic E-state index is 0.00139. The molecule has 0 spiro atoms. The van der Waals surface area contributed by atoms with E-state index in [4.69, 9.17) is 4.74 Å². The fourth-order valence-electron chi connectivity index (χ4n) is 2.68. The van der Waals surface area contributed by atoms with E-state index in [0.29, 0.717) is 29.0 Å². The number of non-ortho nitro benzene ring substituents is 1. The summed E-state index contributed by atoms with van der Waals surface area (Å²) in [5, 5.41) is 11.1. The number of benzene rings is 2. The second-order valence-electron chi connectivity index (χ2n) is 6.15. The number of thiazole rings is 1. The van der Waals surface area contributed by atoms with Crippen LogP contribution in [0.1, 0.15) is 21.5 Å². The molecule has 0 bridgehead atoms. The van der Waals surface area contributed by atoms with E-state index in [-0.39, 0.29) is 11.6 Å². The third-order valence-corrected chi connectivity index (χ3v) is 5.41. The maximum Gasteiger partial charge on any atom is 0.279 e. The number of nitro groups is 1. The zero-order chi connectivity index (χ0) is 19.6. The fraction of sp³-hybridized carbons (Fsp3) is 0.263. The van der Waals surface area contributed by atoms with Crippen molar-refractivity contribution in [2.75, 3.05) is 13.7 Å². The number of aryl methyl sites for hydroxylation is 2. The Balaban J connectivity index is 2.13. The smallest absolute Gasteiger partial charge is 0.279 e. The van der Waals surface area contributed by atoms with Gasteiger partial charge in [-0.05, 0) is 43.2 Å². The van der Waals surface area contributed by atoms with Crippen molar-refractivity contribution in [1.82, 2.24) is 4.57 Å². The lowest BCUT2D eigenvalue weighted by molar-refractivity contribution is -0.384. The van der Waals surface area contributed by atoms with E-state index in [1.807, 2.05) is 26.0 Å². The summed E-state index contributed by atoms with van der Waals surface area (Å²) in [5.41, 5.74) is 3.31. The molecule has 140 valence electrons. The van der Waals surface area contributed by atoms with Crippen molar-refractivity contribution in [2.24, 2.45) is 4.99 Å². The zero-order valence-corrected chi connectivity index (χ0v) is 16.1. The number of carbonyl (C=O) groups is 1. The van der Waals surface area contributed by atoms with Crippen LogP contribution in [0.2, 0.25) is 0 Å². The summed E-state index contributed by atoms with van der Waals surface area (Å²) in [6.45, 7) is 4.78. The molecule has 0 N–H and O–H groups in total. The Morgan fingerprint density at radius 2 is 2.00 bits per heavy atom. The van der Waals surface area contributed by atoms with Gasteiger partial charge < -0.3 is 9.30 Å². The Kier molecular flexibility index (Phi) is 5.48. The van der Waals surface area contributed by atoms with Gasteiger partial charge in [0.15, 0.2) is 4.80 Å². The number of hydrogen-bond donors (Lipinski definition) is 0. The highest BCUT2D eigenvalue weighted by Gasteiger charge is 2.13. The van der Waals surface area contributed by atoms with Gasteiger partial charge in [-0.3, -0.25) is 14.9 Å². The molecule has 0 aliphatic carbocycles. The molecule has 3 rings (SSSR count). The van der Waals surface area contributed by atoms with Gasteiger partial charge in [-0.25, -0.2) is 0 Å². The predicted octanol–water partition coefficient (Wildman–Crippen LogP) is 3.62. The molecule has 0 saturated heterocycles. The second-order valence-corrected chi connectivity index (χ2v) is 7.16. The van der Waals surface area contributed by atoms with E-state index in [1.54, 1.807) is 23.8 Å². The van der Waals surface area contributed by atoms with Crippen LogP contribution >= 0.6 is 11.3 Å². The molecule has 0 saturated carbocycles. The SMILES string of the molecule is COCCn1c(=NC(=O)c2ccc(C)c(C)c2)sc2ccc([N+](=O)[O-])cc21. The number of nitrogens with zero attached hydrogens (tertiary/aromatic N) is 3. The number of carbonyl (C=O) groups excluding carboxylic acids is 1. The first-order valence-electron chi connectivity index (χ1n) is 8.33. The molecule has 1 aromatic heterocycles. The highest BCUT2D eigenvalue weighted by molar-refractivity contribution is 7.16. The zero-order valence-electron chi connectivity index (χ0n) is 15.3. The third-order valence-electron chi connectivity index (χ3n) is 4.35. The van der Waals surface area contributed by atoms with E-state index in [0.717, 1.165) is 15.8 Å². The summed E-state index contributed by atoms with van der Waals surface area (Å²) < 4.78 is 7.75. The minimum atomic E-state index is -0.436. The van der Waals surface area contributed by atoms with Crippen LogP contribution in [-0.4, -0.2) is 29.1 Å². The lowest BCUT2D eigenvalue weighted by Crippen LogP contribution is -2.19. The Morgan fingerprint density at radius 3 is 2.67 bits per heavy atom. The molecule has 27 heavy (non-hydrogen) atoms. The molecule has 8 heteroatoms. The number of aromatic nitrogens is 1. The summed E-state index contributed by atoms with van der Waals surface area (Å²) in [6.07, 6.45) is 0. The van der Waals surface area contributed by atoms with Gasteiger partial charge >= 0.3 is 0 Å². The minimum Gasteiger partial charge on any atom is -0.383 e. The third kappa shape index (κ3) is 3.96. The van der Waals surface area contributed by atoms with Crippen LogP contribution < -0.4 is 4.80 Å². The average molecular weight is 385 g/mol. The topological polar surface area (TPSA) is 86.7 Å². The fourth-order valence-corrected chi connectivity index (χ4v) is 3.72. The largest absolute Gasteiger partial charge is 0.383 e. The number of methoxy groups -OCH3 is 1. The van der Waals surface area contributed by atoms with Crippen LogP contribution in [0.3, 0.4) is 0 Å². The van der Waals surface area contributed by atoms with Gasteiger partial charge in [0.2, 0.25) is 0 Å². The maximum absolute atomic E-state index is 12.6. The van der Waals surface area contributed by atoms with Crippen molar-refractivity contribution < 1.29 is 14.5 Å². The van der Waals surface area contributed by atoms with Gasteiger partial charge in [0.1, 0.15) is 0 Å². The number of nitro benzene ring substituents is 1. The molecule has 0 atom stereocenters. The van der Waals surface area contributed by atoms with E-state index >= 15 is 0 Å². The highest BCUT2D eigenvalue weighted by atomic mass is 32.1. The van der Waals surface area contributed by atoms with Gasteiger partial charge in [0.25, 0.3) is 11.6 Å². The quantitative estimate of drug-likeness (QED) is 0.496. The molecule has 0 radical (unpaired) electrons. The van der Waals surface area contributed by atoms with Crippen LogP contribution in [-0.2, 0) is 11.3 Å². The predicted molar refractivity (Wildman–Crippen MR) is 104 cm³/mol. The number of fused-ring (bicyclic) bond motifs is 1. The molecule has 0 fully saturated rings. The van der Waals surface area contributed by atoms with Gasteiger partial charge in [0.05, 0.1) is 21.7 Å². The summed E-state index contributed by atoms with van der Waals surface area (Å²) in [6, 6.07) is 10.1. The van der Waals surface area contributed by atoms with Crippen molar-refractivity contribution in [3.8, 4) is 0 Å². The number of ether oxygens (including phenoxy) is 1. The standard InChI is InChI=1S/C19H19N3O4S/c1-12-4-5-14(10-13(12)2)18(23)20-19-21(8-9-26-3)16-11-15(22(24)25)6-7-17(16)27-19/h4-7,10-11H,8-9H2,1-3H3. The first-order chi connectivity index (χ1) is 12.9. The summed E-state index contributed by atoms with van der Waals surface area (Å²) >= 11 is 1.32. The summed E-state index contributed by atoms with van der Waals surface area (Å²) in [7, 11) is 1.58. The van der Waals surface area contributed by atoms with Gasteiger partial charge in [-0.2, -0.15) is 4.99 Å². The molecule has 1 amide bonds. The van der Waals surface area contributed by atoms with E-state index in [2.05, 4.69) is 4.99 Å². The molecule has 0 aliphatic heterocycles. The molecule has 2 aromatic carbocycles. The Hall–Kier alpha value is -2.84. The van der Waals surface area contributed by atoms with Crippen LogP contribution in [0.4, 0.5) is 5.69 Å². The van der Waals surface area contributed by atoms with Gasteiger partial charge in [0, 0.05) is 31.4 Å². The van der Waals surface area contributed by atoms with Crippen LogP contribution in [0.15, 0.2) is 41.4 Å². The Labute approximate surface area is 159 Å². The lowest BCUT2D eigenvalue weighted by Gasteiger charge is -2.04. The van der Waals surface area contributed by atoms with Crippen molar-refractivity contribution in [3.63, 3.8) is 0 Å². The maximum atomic E-state index is 12.6. The van der Waals surface area contributed by atoms with Crippen LogP contribution in [0.5, 0.6) is 0 Å². The van der Waals surface area contributed by atoms with Crippen LogP contribution in [0.25, 0.3) is 10.2 Å². The lowest BCUT2D eigenvalue weighted by atomic mass is 10.1. The molecular weight excluding hydrogens is 366 g/mol. The molecule has 7 nitrogen and oxygen atoms in total. The van der Waals surface area contributed by atoms with E-state index < -0.39 is 4.92 Å². The number of amides is 1. The van der Waals surface area contributed by atoms with Crippen LogP contribution in [0, 0.1) is 24.0 Å². The van der Waals surface area contributed by atoms with E-state index in [1.165, 1.54) is 23.5 Å². The van der Waals surface area contributed by atoms with Crippen molar-refractivity contribution in [3.05, 3.63) is 68.0 Å². The normalized spacial score (nSPS) is 11.9. The van der Waals surface area contributed by atoms with Crippen molar-refractivity contribution in [1.29, 1.82) is 0 Å². The monoisotopic (exact) mass is 385 g/mol. The first kappa shape index (κ1) is 18.9. The average Bonchev–Trinajstić information content (AvgIpc) is 2.98. The van der Waals surface area contributed by atoms with Crippen molar-refractivity contribution in [2.45, 2.75) is 20.4 Å². The first-order valence-corrected chi connectivity index (χ1v) is 9.15. The number of rotatable bonds is 5. The van der Waals surface area contributed by atoms with Gasteiger partial charge in [-0.1, -0.05) is 17.4 Å². The Morgan fingerprint density at radius 1 is 1.22 bits per heavy atom. The number of hydrogen-bond acceptors (Lipinski definition) is 5. The highest BCUT2D eigenvalue weighted by Crippen LogP contribution is 2.23. The van der Waals surface area contributed by atoms with E-state index in [9.17, 15) is 14.9 Å². The summed E-state index contributed by atoms with van der Waals surface area (Å²) in [5.74, 6) is -0.342. The van der Waals surface area contributed by atoms with Crippen molar-refractivity contribution >= 4 is 33.1 Å². The molecule has 3 aromatic rings. The second kappa shape index (κ2) is 7.81. The molecule has 0 aliphatic rings. The molecule has 0 unspecified atom stereocenters. The van der Waals surface area contributed by atoms with Gasteiger partial charge in [-0.15, -0.1) is 0 Å². The molecule has 1 heterocycles.